The predicted molar refractivity (Wildman–Crippen MR) is 92.8 cm³/mol. The molecule has 25 heavy (non-hydrogen) atoms. The van der Waals surface area contributed by atoms with Gasteiger partial charge in [-0.2, -0.15) is 0 Å². The molecule has 1 unspecified atom stereocenters. The number of hydrogen-bond acceptors (Lipinski definition) is 4. The van der Waals surface area contributed by atoms with E-state index >= 15 is 0 Å². The summed E-state index contributed by atoms with van der Waals surface area (Å²) in [6.07, 6.45) is 1.85. The lowest BCUT2D eigenvalue weighted by Gasteiger charge is -2.16. The van der Waals surface area contributed by atoms with Gasteiger partial charge < -0.3 is 10.2 Å². The molecule has 1 fully saturated rings. The van der Waals surface area contributed by atoms with Crippen molar-refractivity contribution in [3.8, 4) is 0 Å². The highest BCUT2D eigenvalue weighted by molar-refractivity contribution is 6.05. The van der Waals surface area contributed by atoms with Crippen LogP contribution in [-0.4, -0.2) is 34.0 Å². The number of benzene rings is 1. The molecular weight excluding hydrogens is 318 g/mol. The first-order valence-corrected chi connectivity index (χ1v) is 8.13. The Balaban J connectivity index is 1.66. The summed E-state index contributed by atoms with van der Waals surface area (Å²) in [7, 11) is 0. The summed E-state index contributed by atoms with van der Waals surface area (Å²) >= 11 is 0. The van der Waals surface area contributed by atoms with Gasteiger partial charge in [0.15, 0.2) is 5.78 Å². The van der Waals surface area contributed by atoms with E-state index in [0.717, 1.165) is 5.69 Å². The number of Topliss-reactive ketones (excluding diaryl/α,β-unsaturated/α-hetero) is 1. The van der Waals surface area contributed by atoms with Crippen LogP contribution in [0.15, 0.2) is 48.7 Å². The van der Waals surface area contributed by atoms with Crippen LogP contribution >= 0.6 is 0 Å². The average Bonchev–Trinajstić information content (AvgIpc) is 2.97. The Hall–Kier alpha value is -3.02. The highest BCUT2D eigenvalue weighted by Gasteiger charge is 2.34. The van der Waals surface area contributed by atoms with Gasteiger partial charge in [-0.25, -0.2) is 0 Å². The van der Waals surface area contributed by atoms with E-state index in [4.69, 9.17) is 0 Å². The quantitative estimate of drug-likeness (QED) is 0.849. The van der Waals surface area contributed by atoms with Gasteiger partial charge in [0.2, 0.25) is 11.8 Å². The third kappa shape index (κ3) is 3.91. The van der Waals surface area contributed by atoms with Crippen molar-refractivity contribution in [3.63, 3.8) is 0 Å². The topological polar surface area (TPSA) is 79.4 Å². The van der Waals surface area contributed by atoms with Gasteiger partial charge in [0.05, 0.1) is 23.8 Å². The SMILES string of the molecule is CC(=O)c1ccccc1NC(=O)C1CC(=O)N(Cc2ccccn2)C1. The van der Waals surface area contributed by atoms with Crippen molar-refractivity contribution in [1.82, 2.24) is 9.88 Å². The second-order valence-electron chi connectivity index (χ2n) is 6.09. The lowest BCUT2D eigenvalue weighted by molar-refractivity contribution is -0.128. The molecule has 2 amide bonds. The second-order valence-corrected chi connectivity index (χ2v) is 6.09. The standard InChI is InChI=1S/C19H19N3O3/c1-13(23)16-7-2-3-8-17(16)21-19(25)14-10-18(24)22(11-14)12-15-6-4-5-9-20-15/h2-9,14H,10-12H2,1H3,(H,21,25). The molecule has 6 nitrogen and oxygen atoms in total. The molecule has 6 heteroatoms. The molecule has 2 heterocycles. The van der Waals surface area contributed by atoms with E-state index in [1.54, 1.807) is 35.4 Å². The molecule has 0 saturated carbocycles. The van der Waals surface area contributed by atoms with Crippen LogP contribution in [0.2, 0.25) is 0 Å². The summed E-state index contributed by atoms with van der Waals surface area (Å²) in [6.45, 7) is 2.20. The molecule has 0 bridgehead atoms. The zero-order valence-corrected chi connectivity index (χ0v) is 13.9. The molecule has 1 aliphatic rings. The van der Waals surface area contributed by atoms with Crippen molar-refractivity contribution in [3.05, 3.63) is 59.9 Å². The normalized spacial score (nSPS) is 16.8. The summed E-state index contributed by atoms with van der Waals surface area (Å²) < 4.78 is 0. The number of aromatic nitrogens is 1. The van der Waals surface area contributed by atoms with Gasteiger partial charge in [-0.1, -0.05) is 18.2 Å². The van der Waals surface area contributed by atoms with Crippen LogP contribution < -0.4 is 5.32 Å². The number of rotatable bonds is 5. The first-order valence-electron chi connectivity index (χ1n) is 8.13. The molecule has 0 spiro atoms. The number of likely N-dealkylation sites (tertiary alicyclic amines) is 1. The number of carbonyl (C=O) groups is 3. The van der Waals surface area contributed by atoms with Crippen molar-refractivity contribution < 1.29 is 14.4 Å². The van der Waals surface area contributed by atoms with E-state index in [0.29, 0.717) is 24.3 Å². The van der Waals surface area contributed by atoms with Crippen LogP contribution in [0.1, 0.15) is 29.4 Å². The molecule has 1 N–H and O–H groups in total. The van der Waals surface area contributed by atoms with Gasteiger partial charge in [-0.05, 0) is 31.2 Å². The molecule has 128 valence electrons. The van der Waals surface area contributed by atoms with Crippen LogP contribution in [0.4, 0.5) is 5.69 Å². The van der Waals surface area contributed by atoms with E-state index in [9.17, 15) is 14.4 Å². The number of carbonyl (C=O) groups excluding carboxylic acids is 3. The first-order chi connectivity index (χ1) is 12.0. The van der Waals surface area contributed by atoms with Gasteiger partial charge in [0.1, 0.15) is 0 Å². The maximum absolute atomic E-state index is 12.5. The summed E-state index contributed by atoms with van der Waals surface area (Å²) in [5, 5.41) is 2.78. The number of anilines is 1. The third-order valence-corrected chi connectivity index (χ3v) is 4.23. The molecule has 0 radical (unpaired) electrons. The van der Waals surface area contributed by atoms with Crippen molar-refractivity contribution >= 4 is 23.3 Å². The summed E-state index contributed by atoms with van der Waals surface area (Å²) in [5.41, 5.74) is 1.74. The van der Waals surface area contributed by atoms with Crippen LogP contribution in [-0.2, 0) is 16.1 Å². The molecule has 1 aliphatic heterocycles. The predicted octanol–water partition coefficient (Wildman–Crippen LogP) is 2.27. The maximum atomic E-state index is 12.5. The molecule has 1 saturated heterocycles. The van der Waals surface area contributed by atoms with E-state index in [2.05, 4.69) is 10.3 Å². The smallest absolute Gasteiger partial charge is 0.229 e. The Bertz CT molecular complexity index is 805. The van der Waals surface area contributed by atoms with Crippen LogP contribution in [0.3, 0.4) is 0 Å². The fourth-order valence-electron chi connectivity index (χ4n) is 2.92. The molecule has 2 aromatic rings. The van der Waals surface area contributed by atoms with Crippen molar-refractivity contribution in [2.75, 3.05) is 11.9 Å². The number of hydrogen-bond donors (Lipinski definition) is 1. The lowest BCUT2D eigenvalue weighted by Crippen LogP contribution is -2.28. The molecule has 1 aromatic heterocycles. The minimum Gasteiger partial charge on any atom is -0.336 e. The minimum atomic E-state index is -0.434. The Morgan fingerprint density at radius 1 is 1.20 bits per heavy atom. The summed E-state index contributed by atoms with van der Waals surface area (Å²) in [5.74, 6) is -0.859. The monoisotopic (exact) mass is 337 g/mol. The van der Waals surface area contributed by atoms with Crippen molar-refractivity contribution in [2.45, 2.75) is 19.9 Å². The largest absolute Gasteiger partial charge is 0.336 e. The van der Waals surface area contributed by atoms with Gasteiger partial charge >= 0.3 is 0 Å². The zero-order chi connectivity index (χ0) is 17.8. The number of amides is 2. The van der Waals surface area contributed by atoms with Gasteiger partial charge in [0, 0.05) is 24.7 Å². The molecule has 0 aliphatic carbocycles. The number of para-hydroxylation sites is 1. The summed E-state index contributed by atoms with van der Waals surface area (Å²) in [6, 6.07) is 12.4. The molecule has 1 atom stereocenters. The fraction of sp³-hybridized carbons (Fsp3) is 0.263. The average molecular weight is 337 g/mol. The van der Waals surface area contributed by atoms with Crippen molar-refractivity contribution in [2.24, 2.45) is 5.92 Å². The van der Waals surface area contributed by atoms with E-state index in [1.165, 1.54) is 6.92 Å². The van der Waals surface area contributed by atoms with E-state index in [1.807, 2.05) is 18.2 Å². The Morgan fingerprint density at radius 3 is 2.68 bits per heavy atom. The second kappa shape index (κ2) is 7.25. The van der Waals surface area contributed by atoms with E-state index < -0.39 is 5.92 Å². The van der Waals surface area contributed by atoms with Crippen LogP contribution in [0.5, 0.6) is 0 Å². The van der Waals surface area contributed by atoms with Gasteiger partial charge in [-0.15, -0.1) is 0 Å². The lowest BCUT2D eigenvalue weighted by atomic mass is 10.1. The van der Waals surface area contributed by atoms with Gasteiger partial charge in [0.25, 0.3) is 0 Å². The maximum Gasteiger partial charge on any atom is 0.229 e. The number of ketones is 1. The first kappa shape index (κ1) is 16.8. The Kier molecular flexibility index (Phi) is 4.88. The minimum absolute atomic E-state index is 0.0642. The van der Waals surface area contributed by atoms with Crippen molar-refractivity contribution in [1.29, 1.82) is 0 Å². The number of nitrogens with zero attached hydrogens (tertiary/aromatic N) is 2. The molecule has 3 rings (SSSR count). The van der Waals surface area contributed by atoms with E-state index in [-0.39, 0.29) is 24.0 Å². The zero-order valence-electron chi connectivity index (χ0n) is 13.9. The highest BCUT2D eigenvalue weighted by atomic mass is 16.2. The van der Waals surface area contributed by atoms with Crippen LogP contribution in [0, 0.1) is 5.92 Å². The molecular formula is C19H19N3O3. The molecule has 1 aromatic carbocycles. The number of nitrogens with one attached hydrogen (secondary N) is 1. The summed E-state index contributed by atoms with van der Waals surface area (Å²) in [4.78, 5) is 42.2. The Labute approximate surface area is 145 Å². The number of pyridine rings is 1. The Morgan fingerprint density at radius 2 is 1.96 bits per heavy atom. The van der Waals surface area contributed by atoms with Gasteiger partial charge in [-0.3, -0.25) is 19.4 Å². The fourth-order valence-corrected chi connectivity index (χ4v) is 2.92. The van der Waals surface area contributed by atoms with Crippen LogP contribution in [0.25, 0.3) is 0 Å². The third-order valence-electron chi connectivity index (χ3n) is 4.23. The highest BCUT2D eigenvalue weighted by Crippen LogP contribution is 2.23.